The van der Waals surface area contributed by atoms with Gasteiger partial charge >= 0.3 is 0 Å². The van der Waals surface area contributed by atoms with Gasteiger partial charge in [0, 0.05) is 24.3 Å². The highest BCUT2D eigenvalue weighted by molar-refractivity contribution is 5.90. The second-order valence-corrected chi connectivity index (χ2v) is 6.22. The van der Waals surface area contributed by atoms with Crippen molar-refractivity contribution < 1.29 is 9.53 Å². The maximum absolute atomic E-state index is 11.7. The number of amides is 1. The molecule has 0 aromatic heterocycles. The molecule has 1 aromatic carbocycles. The van der Waals surface area contributed by atoms with Crippen molar-refractivity contribution in [3.05, 3.63) is 24.3 Å². The first kappa shape index (κ1) is 15.8. The van der Waals surface area contributed by atoms with Crippen molar-refractivity contribution in [3.63, 3.8) is 0 Å². The smallest absolute Gasteiger partial charge is 0.224 e. The molecule has 21 heavy (non-hydrogen) atoms. The van der Waals surface area contributed by atoms with Crippen molar-refractivity contribution in [3.8, 4) is 0 Å². The molecule has 1 saturated heterocycles. The minimum Gasteiger partial charge on any atom is -0.377 e. The van der Waals surface area contributed by atoms with Gasteiger partial charge in [0.1, 0.15) is 0 Å². The highest BCUT2D eigenvalue weighted by Crippen LogP contribution is 2.27. The first-order chi connectivity index (χ1) is 10.0. The summed E-state index contributed by atoms with van der Waals surface area (Å²) in [5.74, 6) is 0.0938. The van der Waals surface area contributed by atoms with Gasteiger partial charge in [-0.2, -0.15) is 0 Å². The van der Waals surface area contributed by atoms with Gasteiger partial charge in [-0.3, -0.25) is 4.79 Å². The van der Waals surface area contributed by atoms with E-state index in [0.717, 1.165) is 38.3 Å². The fourth-order valence-electron chi connectivity index (χ4n) is 2.62. The molecule has 0 bridgehead atoms. The van der Waals surface area contributed by atoms with Gasteiger partial charge < -0.3 is 15.0 Å². The van der Waals surface area contributed by atoms with Crippen LogP contribution >= 0.6 is 0 Å². The Morgan fingerprint density at radius 1 is 1.33 bits per heavy atom. The molecule has 4 nitrogen and oxygen atoms in total. The minimum absolute atomic E-state index is 0.00411. The van der Waals surface area contributed by atoms with Crippen LogP contribution in [0.25, 0.3) is 0 Å². The molecule has 1 amide bonds. The van der Waals surface area contributed by atoms with E-state index >= 15 is 0 Å². The van der Waals surface area contributed by atoms with Gasteiger partial charge in [-0.15, -0.1) is 0 Å². The second-order valence-electron chi connectivity index (χ2n) is 6.22. The van der Waals surface area contributed by atoms with Gasteiger partial charge in [-0.1, -0.05) is 13.3 Å². The van der Waals surface area contributed by atoms with Crippen LogP contribution in [-0.2, 0) is 9.53 Å². The molecule has 116 valence electrons. The number of unbranched alkanes of at least 4 members (excludes halogenated alkanes) is 1. The van der Waals surface area contributed by atoms with Gasteiger partial charge in [0.2, 0.25) is 5.91 Å². The minimum atomic E-state index is 0.00411. The maximum Gasteiger partial charge on any atom is 0.224 e. The van der Waals surface area contributed by atoms with Gasteiger partial charge in [-0.25, -0.2) is 0 Å². The monoisotopic (exact) mass is 290 g/mol. The summed E-state index contributed by atoms with van der Waals surface area (Å²) in [5.41, 5.74) is 2.05. The third-order valence-corrected chi connectivity index (χ3v) is 3.87. The van der Waals surface area contributed by atoms with E-state index in [9.17, 15) is 4.79 Å². The van der Waals surface area contributed by atoms with Crippen LogP contribution in [0.3, 0.4) is 0 Å². The summed E-state index contributed by atoms with van der Waals surface area (Å²) in [4.78, 5) is 14.1. The fourth-order valence-corrected chi connectivity index (χ4v) is 2.62. The summed E-state index contributed by atoms with van der Waals surface area (Å²) in [6, 6.07) is 8.10. The SMILES string of the molecule is CCCCC(=O)Nc1ccc(N2CCOCC2(C)C)cc1. The fraction of sp³-hybridized carbons (Fsp3) is 0.588. The van der Waals surface area contributed by atoms with E-state index < -0.39 is 0 Å². The van der Waals surface area contributed by atoms with Gasteiger partial charge in [0.25, 0.3) is 0 Å². The number of carbonyl (C=O) groups excluding carboxylic acids is 1. The molecule has 1 heterocycles. The highest BCUT2D eigenvalue weighted by Gasteiger charge is 2.30. The Bertz CT molecular complexity index is 468. The molecule has 1 aliphatic heterocycles. The summed E-state index contributed by atoms with van der Waals surface area (Å²) in [7, 11) is 0. The predicted octanol–water partition coefficient (Wildman–Crippen LogP) is 3.43. The highest BCUT2D eigenvalue weighted by atomic mass is 16.5. The zero-order valence-corrected chi connectivity index (χ0v) is 13.3. The van der Waals surface area contributed by atoms with E-state index in [0.29, 0.717) is 6.42 Å². The molecule has 1 aromatic rings. The van der Waals surface area contributed by atoms with Crippen molar-refractivity contribution in [1.29, 1.82) is 0 Å². The van der Waals surface area contributed by atoms with Crippen LogP contribution in [0, 0.1) is 0 Å². The lowest BCUT2D eigenvalue weighted by Gasteiger charge is -2.43. The number of anilines is 2. The zero-order valence-electron chi connectivity index (χ0n) is 13.3. The quantitative estimate of drug-likeness (QED) is 0.903. The van der Waals surface area contributed by atoms with Crippen molar-refractivity contribution in [2.45, 2.75) is 45.6 Å². The Labute approximate surface area is 127 Å². The van der Waals surface area contributed by atoms with Crippen LogP contribution in [0.15, 0.2) is 24.3 Å². The number of morpholine rings is 1. The zero-order chi connectivity index (χ0) is 15.3. The predicted molar refractivity (Wildman–Crippen MR) is 86.8 cm³/mol. The number of nitrogens with one attached hydrogen (secondary N) is 1. The first-order valence-electron chi connectivity index (χ1n) is 7.78. The lowest BCUT2D eigenvalue weighted by atomic mass is 10.0. The van der Waals surface area contributed by atoms with E-state index in [-0.39, 0.29) is 11.4 Å². The molecular formula is C17H26N2O2. The number of hydrogen-bond acceptors (Lipinski definition) is 3. The Balaban J connectivity index is 2.00. The molecule has 0 aliphatic carbocycles. The number of rotatable bonds is 5. The van der Waals surface area contributed by atoms with Crippen molar-refractivity contribution in [1.82, 2.24) is 0 Å². The molecule has 0 unspecified atom stereocenters. The molecule has 0 atom stereocenters. The molecule has 1 fully saturated rings. The van der Waals surface area contributed by atoms with Crippen molar-refractivity contribution in [2.24, 2.45) is 0 Å². The molecule has 0 saturated carbocycles. The van der Waals surface area contributed by atoms with Gasteiger partial charge in [0.05, 0.1) is 18.8 Å². The maximum atomic E-state index is 11.7. The van der Waals surface area contributed by atoms with E-state index in [2.05, 4.69) is 43.1 Å². The molecule has 1 N–H and O–H groups in total. The molecule has 4 heteroatoms. The third-order valence-electron chi connectivity index (χ3n) is 3.87. The average Bonchev–Trinajstić information content (AvgIpc) is 2.46. The number of benzene rings is 1. The van der Waals surface area contributed by atoms with E-state index in [1.54, 1.807) is 0 Å². The van der Waals surface area contributed by atoms with Gasteiger partial charge in [0.15, 0.2) is 0 Å². The van der Waals surface area contributed by atoms with E-state index in [4.69, 9.17) is 4.74 Å². The lowest BCUT2D eigenvalue weighted by Crippen LogP contribution is -2.53. The van der Waals surface area contributed by atoms with E-state index in [1.807, 2.05) is 12.1 Å². The van der Waals surface area contributed by atoms with E-state index in [1.165, 1.54) is 5.69 Å². The number of hydrogen-bond donors (Lipinski definition) is 1. The first-order valence-corrected chi connectivity index (χ1v) is 7.78. The topological polar surface area (TPSA) is 41.6 Å². The molecular weight excluding hydrogens is 264 g/mol. The summed E-state index contributed by atoms with van der Waals surface area (Å²) < 4.78 is 5.55. The van der Waals surface area contributed by atoms with Crippen LogP contribution in [0.2, 0.25) is 0 Å². The number of nitrogens with zero attached hydrogens (tertiary/aromatic N) is 1. The van der Waals surface area contributed by atoms with Crippen LogP contribution < -0.4 is 10.2 Å². The molecule has 1 aliphatic rings. The number of ether oxygens (including phenoxy) is 1. The Morgan fingerprint density at radius 3 is 2.67 bits per heavy atom. The lowest BCUT2D eigenvalue weighted by molar-refractivity contribution is -0.116. The van der Waals surface area contributed by atoms with Crippen molar-refractivity contribution in [2.75, 3.05) is 30.0 Å². The van der Waals surface area contributed by atoms with Crippen LogP contribution in [0.5, 0.6) is 0 Å². The van der Waals surface area contributed by atoms with Crippen LogP contribution in [-0.4, -0.2) is 31.2 Å². The van der Waals surface area contributed by atoms with Crippen molar-refractivity contribution >= 4 is 17.3 Å². The summed E-state index contributed by atoms with van der Waals surface area (Å²) in [6.07, 6.45) is 2.57. The largest absolute Gasteiger partial charge is 0.377 e. The summed E-state index contributed by atoms with van der Waals surface area (Å²) in [6.45, 7) is 8.86. The number of carbonyl (C=O) groups is 1. The van der Waals surface area contributed by atoms with Crippen LogP contribution in [0.1, 0.15) is 40.0 Å². The molecule has 0 radical (unpaired) electrons. The standard InChI is InChI=1S/C17H26N2O2/c1-4-5-6-16(20)18-14-7-9-15(10-8-14)19-11-12-21-13-17(19,2)3/h7-10H,4-6,11-13H2,1-3H3,(H,18,20). The molecule has 2 rings (SSSR count). The summed E-state index contributed by atoms with van der Waals surface area (Å²) in [5, 5.41) is 2.95. The Hall–Kier alpha value is -1.55. The third kappa shape index (κ3) is 4.21. The molecule has 0 spiro atoms. The summed E-state index contributed by atoms with van der Waals surface area (Å²) >= 11 is 0. The van der Waals surface area contributed by atoms with Crippen LogP contribution in [0.4, 0.5) is 11.4 Å². The van der Waals surface area contributed by atoms with Gasteiger partial charge in [-0.05, 0) is 44.5 Å². The normalized spacial score (nSPS) is 17.6. The average molecular weight is 290 g/mol. The second kappa shape index (κ2) is 6.94. The Morgan fingerprint density at radius 2 is 2.05 bits per heavy atom. The Kier molecular flexibility index (Phi) is 5.23.